The minimum Gasteiger partial charge on any atom is -0.352 e. The smallest absolute Gasteiger partial charge is 0.252 e. The summed E-state index contributed by atoms with van der Waals surface area (Å²) in [6.45, 7) is 4.35. The van der Waals surface area contributed by atoms with Crippen LogP contribution in [-0.4, -0.2) is 37.8 Å². The number of amides is 1. The van der Waals surface area contributed by atoms with E-state index in [4.69, 9.17) is 0 Å². The van der Waals surface area contributed by atoms with Crippen LogP contribution in [0, 0.1) is 6.92 Å². The van der Waals surface area contributed by atoms with E-state index in [0.29, 0.717) is 29.5 Å². The highest BCUT2D eigenvalue weighted by Gasteiger charge is 2.08. The van der Waals surface area contributed by atoms with Gasteiger partial charge in [0.2, 0.25) is 5.82 Å². The minimum absolute atomic E-state index is 0.137. The lowest BCUT2D eigenvalue weighted by molar-refractivity contribution is 0.0953. The number of hydrogen-bond donors (Lipinski definition) is 1. The lowest BCUT2D eigenvalue weighted by Crippen LogP contribution is -2.24. The van der Waals surface area contributed by atoms with Crippen molar-refractivity contribution in [2.45, 2.75) is 20.3 Å². The van der Waals surface area contributed by atoms with Crippen LogP contribution in [0.25, 0.3) is 11.5 Å². The fraction of sp³-hybridized carbons (Fsp3) is 0.333. The van der Waals surface area contributed by atoms with E-state index in [1.54, 1.807) is 19.1 Å². The summed E-state index contributed by atoms with van der Waals surface area (Å²) in [4.78, 5) is 15.8. The molecular weight excluding hydrogens is 244 g/mol. The Hall–Kier alpha value is -2.44. The maximum atomic E-state index is 11.7. The minimum atomic E-state index is -0.137. The molecule has 2 aromatic rings. The second-order valence-corrected chi connectivity index (χ2v) is 3.96. The zero-order chi connectivity index (χ0) is 13.7. The van der Waals surface area contributed by atoms with Crippen molar-refractivity contribution < 1.29 is 4.79 Å². The van der Waals surface area contributed by atoms with Gasteiger partial charge in [-0.1, -0.05) is 6.92 Å². The fourth-order valence-corrected chi connectivity index (χ4v) is 1.38. The Balaban J connectivity index is 2.14. The van der Waals surface area contributed by atoms with Crippen molar-refractivity contribution in [2.75, 3.05) is 6.54 Å². The number of aromatic nitrogens is 5. The number of rotatable bonds is 4. The number of pyridine rings is 1. The molecule has 2 rings (SSSR count). The second kappa shape index (κ2) is 5.94. The van der Waals surface area contributed by atoms with Crippen LogP contribution >= 0.6 is 0 Å². The zero-order valence-electron chi connectivity index (χ0n) is 10.8. The maximum absolute atomic E-state index is 11.7. The monoisotopic (exact) mass is 258 g/mol. The third kappa shape index (κ3) is 3.27. The summed E-state index contributed by atoms with van der Waals surface area (Å²) < 4.78 is 0. The molecule has 0 spiro atoms. The second-order valence-electron chi connectivity index (χ2n) is 3.96. The van der Waals surface area contributed by atoms with Gasteiger partial charge in [0.05, 0.1) is 5.56 Å². The largest absolute Gasteiger partial charge is 0.352 e. The first-order valence-corrected chi connectivity index (χ1v) is 5.99. The van der Waals surface area contributed by atoms with Crippen LogP contribution in [-0.2, 0) is 0 Å². The van der Waals surface area contributed by atoms with Gasteiger partial charge in [0.25, 0.3) is 5.91 Å². The SMILES string of the molecule is CCCNC(=O)c1ccc(-c2nnc(C)nn2)nc1. The van der Waals surface area contributed by atoms with Gasteiger partial charge in [0.15, 0.2) is 5.82 Å². The molecule has 0 aliphatic rings. The van der Waals surface area contributed by atoms with Gasteiger partial charge in [-0.25, -0.2) is 0 Å². The van der Waals surface area contributed by atoms with Gasteiger partial charge in [0.1, 0.15) is 5.69 Å². The molecule has 0 atom stereocenters. The molecule has 0 saturated carbocycles. The summed E-state index contributed by atoms with van der Waals surface area (Å²) in [5.41, 5.74) is 1.04. The van der Waals surface area contributed by atoms with Crippen molar-refractivity contribution in [3.8, 4) is 11.5 Å². The molecule has 19 heavy (non-hydrogen) atoms. The van der Waals surface area contributed by atoms with Crippen molar-refractivity contribution >= 4 is 5.91 Å². The molecule has 0 unspecified atom stereocenters. The molecule has 2 aromatic heterocycles. The summed E-state index contributed by atoms with van der Waals surface area (Å²) in [6, 6.07) is 3.35. The number of nitrogens with one attached hydrogen (secondary N) is 1. The number of carbonyl (C=O) groups excluding carboxylic acids is 1. The summed E-state index contributed by atoms with van der Waals surface area (Å²) in [6.07, 6.45) is 2.38. The van der Waals surface area contributed by atoms with Crippen molar-refractivity contribution in [3.63, 3.8) is 0 Å². The third-order valence-corrected chi connectivity index (χ3v) is 2.37. The van der Waals surface area contributed by atoms with E-state index >= 15 is 0 Å². The van der Waals surface area contributed by atoms with Gasteiger partial charge < -0.3 is 5.32 Å². The van der Waals surface area contributed by atoms with E-state index in [-0.39, 0.29) is 5.91 Å². The predicted octanol–water partition coefficient (Wildman–Crippen LogP) is 0.777. The number of carbonyl (C=O) groups is 1. The van der Waals surface area contributed by atoms with Crippen LogP contribution in [0.4, 0.5) is 0 Å². The normalized spacial score (nSPS) is 10.2. The molecule has 0 fully saturated rings. The Morgan fingerprint density at radius 1 is 1.21 bits per heavy atom. The van der Waals surface area contributed by atoms with Crippen LogP contribution in [0.2, 0.25) is 0 Å². The zero-order valence-corrected chi connectivity index (χ0v) is 10.8. The molecule has 0 aliphatic carbocycles. The molecule has 0 bridgehead atoms. The molecule has 98 valence electrons. The highest BCUT2D eigenvalue weighted by atomic mass is 16.1. The Kier molecular flexibility index (Phi) is 4.07. The van der Waals surface area contributed by atoms with Gasteiger partial charge >= 0.3 is 0 Å². The number of aryl methyl sites for hydroxylation is 1. The highest BCUT2D eigenvalue weighted by Crippen LogP contribution is 2.10. The average molecular weight is 258 g/mol. The van der Waals surface area contributed by atoms with Crippen LogP contribution in [0.5, 0.6) is 0 Å². The van der Waals surface area contributed by atoms with Crippen molar-refractivity contribution in [3.05, 3.63) is 29.7 Å². The molecule has 0 aliphatic heterocycles. The Morgan fingerprint density at radius 2 is 1.95 bits per heavy atom. The van der Waals surface area contributed by atoms with Gasteiger partial charge in [-0.15, -0.1) is 20.4 Å². The molecule has 1 N–H and O–H groups in total. The van der Waals surface area contributed by atoms with Gasteiger partial charge in [-0.3, -0.25) is 9.78 Å². The molecule has 7 heteroatoms. The molecular formula is C12H14N6O. The van der Waals surface area contributed by atoms with Gasteiger partial charge in [0, 0.05) is 12.7 Å². The van der Waals surface area contributed by atoms with E-state index in [9.17, 15) is 4.79 Å². The van der Waals surface area contributed by atoms with E-state index in [1.165, 1.54) is 6.20 Å². The summed E-state index contributed by atoms with van der Waals surface area (Å²) in [7, 11) is 0. The topological polar surface area (TPSA) is 93.6 Å². The lowest BCUT2D eigenvalue weighted by Gasteiger charge is -2.03. The van der Waals surface area contributed by atoms with Crippen molar-refractivity contribution in [1.82, 2.24) is 30.7 Å². The highest BCUT2D eigenvalue weighted by molar-refractivity contribution is 5.94. The third-order valence-electron chi connectivity index (χ3n) is 2.37. The van der Waals surface area contributed by atoms with Crippen molar-refractivity contribution in [1.29, 1.82) is 0 Å². The molecule has 0 aromatic carbocycles. The number of nitrogens with zero attached hydrogens (tertiary/aromatic N) is 5. The first-order valence-electron chi connectivity index (χ1n) is 5.99. The van der Waals surface area contributed by atoms with Crippen molar-refractivity contribution in [2.24, 2.45) is 0 Å². The van der Waals surface area contributed by atoms with E-state index in [1.807, 2.05) is 6.92 Å². The molecule has 1 amide bonds. The predicted molar refractivity (Wildman–Crippen MR) is 68.2 cm³/mol. The van der Waals surface area contributed by atoms with E-state index in [2.05, 4.69) is 30.7 Å². The molecule has 2 heterocycles. The average Bonchev–Trinajstić information content (AvgIpc) is 2.46. The standard InChI is InChI=1S/C12H14N6O/c1-3-6-13-12(19)9-4-5-10(14-7-9)11-17-15-8(2)16-18-11/h4-5,7H,3,6H2,1-2H3,(H,13,19). The lowest BCUT2D eigenvalue weighted by atomic mass is 10.2. The van der Waals surface area contributed by atoms with Crippen LogP contribution in [0.3, 0.4) is 0 Å². The first kappa shape index (κ1) is 13.0. The summed E-state index contributed by atoms with van der Waals surface area (Å²) in [5, 5.41) is 18.2. The number of hydrogen-bond acceptors (Lipinski definition) is 6. The van der Waals surface area contributed by atoms with E-state index < -0.39 is 0 Å². The molecule has 7 nitrogen and oxygen atoms in total. The van der Waals surface area contributed by atoms with Crippen LogP contribution in [0.1, 0.15) is 29.5 Å². The Bertz CT molecular complexity index is 551. The Morgan fingerprint density at radius 3 is 2.53 bits per heavy atom. The fourth-order valence-electron chi connectivity index (χ4n) is 1.38. The Labute approximate surface area is 110 Å². The van der Waals surface area contributed by atoms with Gasteiger partial charge in [-0.05, 0) is 25.5 Å². The van der Waals surface area contributed by atoms with E-state index in [0.717, 1.165) is 6.42 Å². The first-order chi connectivity index (χ1) is 9.20. The molecule has 0 saturated heterocycles. The maximum Gasteiger partial charge on any atom is 0.252 e. The molecule has 0 radical (unpaired) electrons. The summed E-state index contributed by atoms with van der Waals surface area (Å²) in [5.74, 6) is 0.701. The summed E-state index contributed by atoms with van der Waals surface area (Å²) >= 11 is 0. The quantitative estimate of drug-likeness (QED) is 0.870. The van der Waals surface area contributed by atoms with Gasteiger partial charge in [-0.2, -0.15) is 0 Å². The van der Waals surface area contributed by atoms with Crippen LogP contribution in [0.15, 0.2) is 18.3 Å². The van der Waals surface area contributed by atoms with Crippen LogP contribution < -0.4 is 5.32 Å².